The average Bonchev–Trinajstić information content (AvgIpc) is 3.44. The Morgan fingerprint density at radius 3 is 2.72 bits per heavy atom. The van der Waals surface area contributed by atoms with E-state index in [4.69, 9.17) is 9.15 Å². The predicted octanol–water partition coefficient (Wildman–Crippen LogP) is 4.46. The van der Waals surface area contributed by atoms with Gasteiger partial charge in [-0.3, -0.25) is 9.59 Å². The van der Waals surface area contributed by atoms with Crippen molar-refractivity contribution in [1.82, 2.24) is 5.43 Å². The first kappa shape index (κ1) is 21.4. The summed E-state index contributed by atoms with van der Waals surface area (Å²) in [5.41, 5.74) is 7.27. The SMILES string of the molecule is CC(=O)Nc1cccc(C(C)=NNC(=O)c2ccc(COc3ccc4c(c3)CCC4)o2)c1. The highest BCUT2D eigenvalue weighted by molar-refractivity contribution is 6.01. The van der Waals surface area contributed by atoms with Gasteiger partial charge in [0.1, 0.15) is 18.1 Å². The molecule has 0 atom stereocenters. The van der Waals surface area contributed by atoms with Crippen LogP contribution in [0.1, 0.15) is 53.3 Å². The summed E-state index contributed by atoms with van der Waals surface area (Å²) < 4.78 is 11.4. The number of ether oxygens (including phenoxy) is 1. The van der Waals surface area contributed by atoms with E-state index in [-0.39, 0.29) is 18.3 Å². The Morgan fingerprint density at radius 1 is 1.03 bits per heavy atom. The summed E-state index contributed by atoms with van der Waals surface area (Å²) in [5, 5.41) is 6.86. The monoisotopic (exact) mass is 431 g/mol. The number of nitrogens with one attached hydrogen (secondary N) is 2. The standard InChI is InChI=1S/C25H25N3O4/c1-16(19-6-4-8-21(13-19)26-17(2)29)27-28-25(30)24-12-11-23(32-24)15-31-22-10-9-18-5-3-7-20(18)14-22/h4,6,8-14H,3,5,7,15H2,1-2H3,(H,26,29)(H,28,30). The van der Waals surface area contributed by atoms with E-state index in [9.17, 15) is 9.59 Å². The molecule has 164 valence electrons. The molecule has 7 nitrogen and oxygen atoms in total. The van der Waals surface area contributed by atoms with E-state index in [2.05, 4.69) is 28.0 Å². The van der Waals surface area contributed by atoms with Crippen LogP contribution >= 0.6 is 0 Å². The van der Waals surface area contributed by atoms with E-state index < -0.39 is 5.91 Å². The van der Waals surface area contributed by atoms with Crippen molar-refractivity contribution in [2.45, 2.75) is 39.7 Å². The first-order valence-electron chi connectivity index (χ1n) is 10.5. The van der Waals surface area contributed by atoms with Gasteiger partial charge in [-0.1, -0.05) is 18.2 Å². The minimum Gasteiger partial charge on any atom is -0.486 e. The van der Waals surface area contributed by atoms with Gasteiger partial charge in [-0.05, 0) is 79.3 Å². The Labute approximate surface area is 186 Å². The topological polar surface area (TPSA) is 92.9 Å². The molecule has 2 N–H and O–H groups in total. The molecule has 3 aromatic rings. The molecular weight excluding hydrogens is 406 g/mol. The average molecular weight is 431 g/mol. The lowest BCUT2D eigenvalue weighted by Gasteiger charge is -2.07. The largest absolute Gasteiger partial charge is 0.486 e. The van der Waals surface area contributed by atoms with Crippen LogP contribution < -0.4 is 15.5 Å². The van der Waals surface area contributed by atoms with Crippen molar-refractivity contribution in [3.05, 3.63) is 82.8 Å². The number of benzene rings is 2. The molecule has 1 aromatic heterocycles. The number of anilines is 1. The van der Waals surface area contributed by atoms with Gasteiger partial charge in [0.15, 0.2) is 5.76 Å². The van der Waals surface area contributed by atoms with E-state index in [1.54, 1.807) is 37.3 Å². The van der Waals surface area contributed by atoms with Crippen LogP contribution in [-0.2, 0) is 24.2 Å². The van der Waals surface area contributed by atoms with Gasteiger partial charge in [0.05, 0.1) is 5.71 Å². The lowest BCUT2D eigenvalue weighted by Crippen LogP contribution is -2.18. The van der Waals surface area contributed by atoms with Crippen molar-refractivity contribution in [2.75, 3.05) is 5.32 Å². The van der Waals surface area contributed by atoms with Crippen LogP contribution in [0.2, 0.25) is 0 Å². The van der Waals surface area contributed by atoms with Crippen molar-refractivity contribution in [1.29, 1.82) is 0 Å². The van der Waals surface area contributed by atoms with E-state index >= 15 is 0 Å². The summed E-state index contributed by atoms with van der Waals surface area (Å²) in [7, 11) is 0. The summed E-state index contributed by atoms with van der Waals surface area (Å²) >= 11 is 0. The van der Waals surface area contributed by atoms with E-state index in [0.29, 0.717) is 17.2 Å². The Bertz CT molecular complexity index is 1180. The molecule has 0 spiro atoms. The smallest absolute Gasteiger partial charge is 0.307 e. The fourth-order valence-corrected chi connectivity index (χ4v) is 3.65. The third-order valence-corrected chi connectivity index (χ3v) is 5.26. The summed E-state index contributed by atoms with van der Waals surface area (Å²) in [6, 6.07) is 16.7. The summed E-state index contributed by atoms with van der Waals surface area (Å²) in [5.74, 6) is 0.903. The second-order valence-electron chi connectivity index (χ2n) is 7.74. The number of carbonyl (C=O) groups excluding carboxylic acids is 2. The van der Waals surface area contributed by atoms with Crippen molar-refractivity contribution in [2.24, 2.45) is 5.10 Å². The van der Waals surface area contributed by atoms with Gasteiger partial charge in [0.2, 0.25) is 5.91 Å². The molecule has 4 rings (SSSR count). The molecule has 0 aliphatic heterocycles. The Balaban J connectivity index is 1.34. The van der Waals surface area contributed by atoms with Gasteiger partial charge in [0.25, 0.3) is 0 Å². The number of nitrogens with zero attached hydrogens (tertiary/aromatic N) is 1. The summed E-state index contributed by atoms with van der Waals surface area (Å²) in [4.78, 5) is 23.6. The molecular formula is C25H25N3O4. The van der Waals surface area contributed by atoms with Gasteiger partial charge in [0, 0.05) is 12.6 Å². The highest BCUT2D eigenvalue weighted by Gasteiger charge is 2.13. The van der Waals surface area contributed by atoms with E-state index in [0.717, 1.165) is 24.2 Å². The first-order valence-corrected chi connectivity index (χ1v) is 10.5. The number of fused-ring (bicyclic) bond motifs is 1. The number of hydrazone groups is 1. The second-order valence-corrected chi connectivity index (χ2v) is 7.74. The zero-order valence-corrected chi connectivity index (χ0v) is 18.1. The molecule has 0 saturated carbocycles. The number of amides is 2. The van der Waals surface area contributed by atoms with Crippen molar-refractivity contribution >= 4 is 23.2 Å². The predicted molar refractivity (Wildman–Crippen MR) is 122 cm³/mol. The lowest BCUT2D eigenvalue weighted by molar-refractivity contribution is -0.114. The van der Waals surface area contributed by atoms with Crippen LogP contribution in [0.3, 0.4) is 0 Å². The van der Waals surface area contributed by atoms with E-state index in [1.807, 2.05) is 12.1 Å². The highest BCUT2D eigenvalue weighted by atomic mass is 16.5. The summed E-state index contributed by atoms with van der Waals surface area (Å²) in [6.45, 7) is 3.46. The van der Waals surface area contributed by atoms with Crippen molar-refractivity contribution in [3.63, 3.8) is 0 Å². The molecule has 1 aliphatic rings. The van der Waals surface area contributed by atoms with Crippen LogP contribution in [0.15, 0.2) is 64.1 Å². The number of rotatable bonds is 7. The molecule has 1 heterocycles. The van der Waals surface area contributed by atoms with Crippen LogP contribution in [0.5, 0.6) is 5.75 Å². The van der Waals surface area contributed by atoms with Gasteiger partial charge >= 0.3 is 5.91 Å². The highest BCUT2D eigenvalue weighted by Crippen LogP contribution is 2.26. The number of furan rings is 1. The molecule has 2 amide bonds. The Hall–Kier alpha value is -3.87. The zero-order valence-electron chi connectivity index (χ0n) is 18.1. The minimum atomic E-state index is -0.453. The molecule has 0 radical (unpaired) electrons. The number of carbonyl (C=O) groups is 2. The minimum absolute atomic E-state index is 0.154. The molecule has 7 heteroatoms. The fourth-order valence-electron chi connectivity index (χ4n) is 3.65. The molecule has 0 bridgehead atoms. The molecule has 32 heavy (non-hydrogen) atoms. The van der Waals surface area contributed by atoms with Gasteiger partial charge in [-0.15, -0.1) is 0 Å². The Morgan fingerprint density at radius 2 is 1.88 bits per heavy atom. The first-order chi connectivity index (χ1) is 15.5. The second kappa shape index (κ2) is 9.51. The number of aryl methyl sites for hydroxylation is 2. The molecule has 0 saturated heterocycles. The zero-order chi connectivity index (χ0) is 22.5. The molecule has 1 aliphatic carbocycles. The molecule has 0 fully saturated rings. The molecule has 0 unspecified atom stereocenters. The maximum atomic E-state index is 12.4. The van der Waals surface area contributed by atoms with Crippen LogP contribution in [0.4, 0.5) is 5.69 Å². The lowest BCUT2D eigenvalue weighted by atomic mass is 10.1. The number of hydrogen-bond acceptors (Lipinski definition) is 5. The maximum absolute atomic E-state index is 12.4. The molecule has 2 aromatic carbocycles. The van der Waals surface area contributed by atoms with Crippen LogP contribution in [0.25, 0.3) is 0 Å². The third kappa shape index (κ3) is 5.24. The van der Waals surface area contributed by atoms with Crippen LogP contribution in [0, 0.1) is 0 Å². The summed E-state index contributed by atoms with van der Waals surface area (Å²) in [6.07, 6.45) is 3.42. The Kier molecular flexibility index (Phi) is 6.35. The maximum Gasteiger partial charge on any atom is 0.307 e. The van der Waals surface area contributed by atoms with E-state index in [1.165, 1.54) is 24.5 Å². The quantitative estimate of drug-likeness (QED) is 0.427. The normalized spacial score (nSPS) is 12.9. The third-order valence-electron chi connectivity index (χ3n) is 5.26. The van der Waals surface area contributed by atoms with Gasteiger partial charge in [-0.25, -0.2) is 5.43 Å². The fraction of sp³-hybridized carbons (Fsp3) is 0.240. The van der Waals surface area contributed by atoms with Gasteiger partial charge in [-0.2, -0.15) is 5.10 Å². The van der Waals surface area contributed by atoms with Gasteiger partial charge < -0.3 is 14.5 Å². The van der Waals surface area contributed by atoms with Crippen LogP contribution in [-0.4, -0.2) is 17.5 Å². The van der Waals surface area contributed by atoms with Crippen molar-refractivity contribution < 1.29 is 18.7 Å². The number of hydrogen-bond donors (Lipinski definition) is 2. The van der Waals surface area contributed by atoms with Crippen molar-refractivity contribution in [3.8, 4) is 5.75 Å².